The predicted molar refractivity (Wildman–Crippen MR) is 88.4 cm³/mol. The van der Waals surface area contributed by atoms with E-state index in [1.165, 1.54) is 12.1 Å². The van der Waals surface area contributed by atoms with E-state index >= 15 is 0 Å². The van der Waals surface area contributed by atoms with Crippen LogP contribution in [0.15, 0.2) is 48.5 Å². The van der Waals surface area contributed by atoms with Crippen molar-refractivity contribution in [3.05, 3.63) is 63.2 Å². The Morgan fingerprint density at radius 3 is 2.48 bits per heavy atom. The van der Waals surface area contributed by atoms with Gasteiger partial charge in [0.1, 0.15) is 0 Å². The maximum atomic E-state index is 11.8. The molecule has 0 spiro atoms. The van der Waals surface area contributed by atoms with Crippen LogP contribution < -0.4 is 10.6 Å². The Morgan fingerprint density at radius 2 is 1.81 bits per heavy atom. The Hall–Kier alpha value is -2.09. The van der Waals surface area contributed by atoms with Gasteiger partial charge in [-0.3, -0.25) is 0 Å². The van der Waals surface area contributed by atoms with Gasteiger partial charge in [0.15, 0.2) is 0 Å². The molecule has 2 amide bonds. The van der Waals surface area contributed by atoms with E-state index in [9.17, 15) is 9.59 Å². The van der Waals surface area contributed by atoms with Crippen molar-refractivity contribution in [3.8, 4) is 0 Å². The second-order valence-corrected chi connectivity index (χ2v) is 5.57. The van der Waals surface area contributed by atoms with E-state index in [1.54, 1.807) is 6.07 Å². The molecule has 0 saturated carbocycles. The van der Waals surface area contributed by atoms with E-state index < -0.39 is 5.97 Å². The first-order chi connectivity index (χ1) is 10.0. The number of nitrogens with one attached hydrogen (secondary N) is 2. The number of anilines is 1. The lowest BCUT2D eigenvalue weighted by atomic mass is 10.2. The highest BCUT2D eigenvalue weighted by Gasteiger charge is 2.08. The van der Waals surface area contributed by atoms with Gasteiger partial charge in [-0.15, -0.1) is 0 Å². The van der Waals surface area contributed by atoms with Crippen LogP contribution in [0, 0.1) is 3.57 Å². The monoisotopic (exact) mass is 396 g/mol. The van der Waals surface area contributed by atoms with Crippen molar-refractivity contribution in [2.24, 2.45) is 0 Å². The molecule has 2 aromatic rings. The normalized spacial score (nSPS) is 9.95. The highest BCUT2D eigenvalue weighted by molar-refractivity contribution is 14.1. The van der Waals surface area contributed by atoms with Gasteiger partial charge in [0, 0.05) is 15.8 Å². The minimum atomic E-state index is -1.03. The van der Waals surface area contributed by atoms with E-state index in [4.69, 9.17) is 5.11 Å². The quantitative estimate of drug-likeness (QED) is 0.694. The average Bonchev–Trinajstić information content (AvgIpc) is 2.45. The first-order valence-corrected chi connectivity index (χ1v) is 7.25. The zero-order valence-corrected chi connectivity index (χ0v) is 13.1. The van der Waals surface area contributed by atoms with E-state index in [0.717, 1.165) is 9.13 Å². The van der Waals surface area contributed by atoms with Crippen molar-refractivity contribution >= 4 is 40.3 Å². The van der Waals surface area contributed by atoms with Gasteiger partial charge < -0.3 is 15.7 Å². The van der Waals surface area contributed by atoms with Gasteiger partial charge in [0.2, 0.25) is 0 Å². The molecule has 0 aliphatic carbocycles. The number of carbonyl (C=O) groups is 2. The van der Waals surface area contributed by atoms with E-state index in [-0.39, 0.29) is 11.6 Å². The second kappa shape index (κ2) is 7.07. The summed E-state index contributed by atoms with van der Waals surface area (Å²) in [6.07, 6.45) is 0. The minimum absolute atomic E-state index is 0.139. The van der Waals surface area contributed by atoms with E-state index in [1.807, 2.05) is 52.9 Å². The first-order valence-electron chi connectivity index (χ1n) is 6.17. The summed E-state index contributed by atoms with van der Waals surface area (Å²) in [4.78, 5) is 22.8. The van der Waals surface area contributed by atoms with Crippen LogP contribution >= 0.6 is 22.6 Å². The zero-order chi connectivity index (χ0) is 15.2. The number of hydrogen-bond donors (Lipinski definition) is 3. The molecule has 5 nitrogen and oxygen atoms in total. The summed E-state index contributed by atoms with van der Waals surface area (Å²) < 4.78 is 0.742. The fourth-order valence-corrected chi connectivity index (χ4v) is 2.41. The summed E-state index contributed by atoms with van der Waals surface area (Å²) in [7, 11) is 0. The molecule has 108 valence electrons. The molecular weight excluding hydrogens is 383 g/mol. The highest BCUT2D eigenvalue weighted by Crippen LogP contribution is 2.16. The van der Waals surface area contributed by atoms with Gasteiger partial charge in [-0.25, -0.2) is 9.59 Å². The van der Waals surface area contributed by atoms with E-state index in [2.05, 4.69) is 10.6 Å². The molecule has 0 fully saturated rings. The Kier molecular flexibility index (Phi) is 5.15. The molecule has 2 aromatic carbocycles. The number of aromatic carboxylic acids is 1. The third-order valence-electron chi connectivity index (χ3n) is 2.70. The van der Waals surface area contributed by atoms with Crippen LogP contribution in [0.3, 0.4) is 0 Å². The molecule has 3 N–H and O–H groups in total. The maximum Gasteiger partial charge on any atom is 0.335 e. The number of rotatable bonds is 4. The number of benzene rings is 2. The van der Waals surface area contributed by atoms with Gasteiger partial charge in [0.25, 0.3) is 0 Å². The number of carboxylic acids is 1. The Bertz CT molecular complexity index is 659. The molecule has 0 heterocycles. The summed E-state index contributed by atoms with van der Waals surface area (Å²) >= 11 is 2.01. The third-order valence-corrected chi connectivity index (χ3v) is 3.32. The number of amides is 2. The third kappa shape index (κ3) is 4.75. The Balaban J connectivity index is 1.98. The summed E-state index contributed by atoms with van der Waals surface area (Å²) in [5.41, 5.74) is 1.58. The zero-order valence-electron chi connectivity index (χ0n) is 11.0. The summed E-state index contributed by atoms with van der Waals surface area (Å²) in [5, 5.41) is 14.3. The number of halogens is 1. The summed E-state index contributed by atoms with van der Waals surface area (Å²) in [5.74, 6) is -1.03. The summed E-state index contributed by atoms with van der Waals surface area (Å²) in [6, 6.07) is 13.8. The lowest BCUT2D eigenvalue weighted by Crippen LogP contribution is -2.28. The molecule has 0 atom stereocenters. The van der Waals surface area contributed by atoms with Gasteiger partial charge in [-0.1, -0.05) is 30.3 Å². The molecule has 6 heteroatoms. The molecule has 0 aliphatic rings. The Morgan fingerprint density at radius 1 is 1.10 bits per heavy atom. The van der Waals surface area contributed by atoms with Crippen LogP contribution in [0.5, 0.6) is 0 Å². The first kappa shape index (κ1) is 15.3. The van der Waals surface area contributed by atoms with Gasteiger partial charge in [-0.05, 0) is 46.4 Å². The molecule has 0 saturated heterocycles. The number of carbonyl (C=O) groups excluding carboxylic acids is 1. The van der Waals surface area contributed by atoms with Crippen LogP contribution in [0.4, 0.5) is 10.5 Å². The van der Waals surface area contributed by atoms with Crippen LogP contribution in [-0.4, -0.2) is 17.1 Å². The minimum Gasteiger partial charge on any atom is -0.478 e. The van der Waals surface area contributed by atoms with Crippen molar-refractivity contribution in [2.75, 3.05) is 5.32 Å². The Labute approximate surface area is 135 Å². The fourth-order valence-electron chi connectivity index (χ4n) is 1.74. The van der Waals surface area contributed by atoms with Crippen LogP contribution in [-0.2, 0) is 6.54 Å². The standard InChI is InChI=1S/C15H13IN2O3/c16-12-6-11(14(19)20)7-13(8-12)18-15(21)17-9-10-4-2-1-3-5-10/h1-8H,9H2,(H,19,20)(H2,17,18,21). The van der Waals surface area contributed by atoms with Crippen molar-refractivity contribution in [2.45, 2.75) is 6.54 Å². The molecule has 0 bridgehead atoms. The molecule has 2 rings (SSSR count). The van der Waals surface area contributed by atoms with Crippen molar-refractivity contribution < 1.29 is 14.7 Å². The lowest BCUT2D eigenvalue weighted by molar-refractivity contribution is 0.0697. The van der Waals surface area contributed by atoms with Gasteiger partial charge >= 0.3 is 12.0 Å². The topological polar surface area (TPSA) is 78.4 Å². The van der Waals surface area contributed by atoms with E-state index in [0.29, 0.717) is 12.2 Å². The van der Waals surface area contributed by atoms with Gasteiger partial charge in [0.05, 0.1) is 5.56 Å². The molecule has 21 heavy (non-hydrogen) atoms. The SMILES string of the molecule is O=C(NCc1ccccc1)Nc1cc(I)cc(C(=O)O)c1. The predicted octanol–water partition coefficient (Wildman–Crippen LogP) is 3.31. The highest BCUT2D eigenvalue weighted by atomic mass is 127. The largest absolute Gasteiger partial charge is 0.478 e. The molecule has 0 aliphatic heterocycles. The van der Waals surface area contributed by atoms with Crippen molar-refractivity contribution in [1.82, 2.24) is 5.32 Å². The molecular formula is C15H13IN2O3. The van der Waals surface area contributed by atoms with Crippen molar-refractivity contribution in [3.63, 3.8) is 0 Å². The smallest absolute Gasteiger partial charge is 0.335 e. The average molecular weight is 396 g/mol. The maximum absolute atomic E-state index is 11.8. The second-order valence-electron chi connectivity index (χ2n) is 4.33. The molecule has 0 unspecified atom stereocenters. The molecule has 0 aromatic heterocycles. The van der Waals surface area contributed by atoms with Gasteiger partial charge in [-0.2, -0.15) is 0 Å². The summed E-state index contributed by atoms with van der Waals surface area (Å²) in [6.45, 7) is 0.405. The number of carboxylic acid groups (broad SMARTS) is 1. The molecule has 0 radical (unpaired) electrons. The fraction of sp³-hybridized carbons (Fsp3) is 0.0667. The van der Waals surface area contributed by atoms with Crippen LogP contribution in [0.25, 0.3) is 0 Å². The lowest BCUT2D eigenvalue weighted by Gasteiger charge is -2.09. The van der Waals surface area contributed by atoms with Crippen molar-refractivity contribution in [1.29, 1.82) is 0 Å². The van der Waals surface area contributed by atoms with Crippen LogP contribution in [0.2, 0.25) is 0 Å². The number of urea groups is 1. The van der Waals surface area contributed by atoms with Crippen LogP contribution in [0.1, 0.15) is 15.9 Å². The number of hydrogen-bond acceptors (Lipinski definition) is 2.